The first-order chi connectivity index (χ1) is 7.99. The van der Waals surface area contributed by atoms with Gasteiger partial charge in [-0.1, -0.05) is 6.92 Å². The Balaban J connectivity index is 1.95. The molecule has 2 aliphatic rings. The standard InChI is InChI=1S/C11H23N3O2S/c1-9-8-14(2)6-4-11(9)13-17(15,16)10-3-5-12-7-10/h9-13H,3-8H2,1-2H3. The van der Waals surface area contributed by atoms with Crippen LogP contribution in [0.1, 0.15) is 19.8 Å². The van der Waals surface area contributed by atoms with Gasteiger partial charge in [-0.25, -0.2) is 13.1 Å². The van der Waals surface area contributed by atoms with Crippen LogP contribution in [0.4, 0.5) is 0 Å². The summed E-state index contributed by atoms with van der Waals surface area (Å²) in [6.45, 7) is 5.47. The highest BCUT2D eigenvalue weighted by Crippen LogP contribution is 2.18. The van der Waals surface area contributed by atoms with E-state index in [1.54, 1.807) is 0 Å². The predicted molar refractivity (Wildman–Crippen MR) is 68.4 cm³/mol. The summed E-state index contributed by atoms with van der Waals surface area (Å²) in [5.74, 6) is 0.387. The third-order valence-corrected chi connectivity index (χ3v) is 5.79. The predicted octanol–water partition coefficient (Wildman–Crippen LogP) is -0.392. The van der Waals surface area contributed by atoms with Gasteiger partial charge in [0.15, 0.2) is 0 Å². The summed E-state index contributed by atoms with van der Waals surface area (Å²) < 4.78 is 27.2. The van der Waals surface area contributed by atoms with Crippen LogP contribution in [0.25, 0.3) is 0 Å². The van der Waals surface area contributed by atoms with Crippen LogP contribution in [0, 0.1) is 5.92 Å². The molecule has 0 spiro atoms. The minimum absolute atomic E-state index is 0.108. The summed E-state index contributed by atoms with van der Waals surface area (Å²) in [5.41, 5.74) is 0. The molecule has 0 aromatic heterocycles. The van der Waals surface area contributed by atoms with E-state index in [0.717, 1.165) is 32.5 Å². The van der Waals surface area contributed by atoms with Crippen LogP contribution in [-0.4, -0.2) is 57.8 Å². The van der Waals surface area contributed by atoms with Crippen molar-refractivity contribution in [1.82, 2.24) is 14.9 Å². The van der Waals surface area contributed by atoms with Gasteiger partial charge in [0.1, 0.15) is 0 Å². The molecule has 2 rings (SSSR count). The number of hydrogen-bond donors (Lipinski definition) is 2. The average Bonchev–Trinajstić information content (AvgIpc) is 2.76. The normalized spacial score (nSPS) is 36.2. The first-order valence-corrected chi connectivity index (χ1v) is 7.94. The highest BCUT2D eigenvalue weighted by atomic mass is 32.2. The van der Waals surface area contributed by atoms with Gasteiger partial charge >= 0.3 is 0 Å². The molecule has 0 bridgehead atoms. The van der Waals surface area contributed by atoms with E-state index in [1.807, 2.05) is 0 Å². The van der Waals surface area contributed by atoms with Gasteiger partial charge in [0.25, 0.3) is 0 Å². The van der Waals surface area contributed by atoms with E-state index in [1.165, 1.54) is 0 Å². The minimum atomic E-state index is -3.14. The van der Waals surface area contributed by atoms with Crippen LogP contribution in [0.2, 0.25) is 0 Å². The van der Waals surface area contributed by atoms with Gasteiger partial charge in [-0.05, 0) is 38.9 Å². The van der Waals surface area contributed by atoms with Crippen molar-refractivity contribution in [1.29, 1.82) is 0 Å². The van der Waals surface area contributed by atoms with Crippen molar-refractivity contribution >= 4 is 10.0 Å². The summed E-state index contributed by atoms with van der Waals surface area (Å²) >= 11 is 0. The van der Waals surface area contributed by atoms with Crippen molar-refractivity contribution in [3.05, 3.63) is 0 Å². The monoisotopic (exact) mass is 261 g/mol. The lowest BCUT2D eigenvalue weighted by Gasteiger charge is -2.35. The van der Waals surface area contributed by atoms with E-state index >= 15 is 0 Å². The maximum atomic E-state index is 12.2. The molecule has 0 saturated carbocycles. The molecule has 0 aromatic rings. The van der Waals surface area contributed by atoms with Crippen molar-refractivity contribution in [2.45, 2.75) is 31.1 Å². The summed E-state index contributed by atoms with van der Waals surface area (Å²) in [4.78, 5) is 2.26. The molecule has 2 fully saturated rings. The number of likely N-dealkylation sites (tertiary alicyclic amines) is 1. The van der Waals surface area contributed by atoms with Gasteiger partial charge in [0.05, 0.1) is 5.25 Å². The van der Waals surface area contributed by atoms with Gasteiger partial charge in [0, 0.05) is 19.1 Å². The van der Waals surface area contributed by atoms with E-state index in [4.69, 9.17) is 0 Å². The fourth-order valence-electron chi connectivity index (χ4n) is 2.73. The number of rotatable bonds is 3. The molecule has 3 unspecified atom stereocenters. The van der Waals surface area contributed by atoms with Crippen LogP contribution < -0.4 is 10.0 Å². The summed E-state index contributed by atoms with van der Waals surface area (Å²) in [6.07, 6.45) is 1.65. The third-order valence-electron chi connectivity index (χ3n) is 3.88. The Morgan fingerprint density at radius 1 is 1.35 bits per heavy atom. The Hall–Kier alpha value is -0.170. The van der Waals surface area contributed by atoms with Crippen molar-refractivity contribution < 1.29 is 8.42 Å². The Kier molecular flexibility index (Phi) is 4.07. The zero-order valence-corrected chi connectivity index (χ0v) is 11.5. The molecule has 5 nitrogen and oxygen atoms in total. The highest BCUT2D eigenvalue weighted by Gasteiger charge is 2.33. The van der Waals surface area contributed by atoms with E-state index in [2.05, 4.69) is 28.9 Å². The van der Waals surface area contributed by atoms with E-state index in [-0.39, 0.29) is 11.3 Å². The molecule has 2 aliphatic heterocycles. The smallest absolute Gasteiger partial charge is 0.216 e. The van der Waals surface area contributed by atoms with Crippen LogP contribution in [0.5, 0.6) is 0 Å². The molecule has 2 heterocycles. The molecule has 2 saturated heterocycles. The lowest BCUT2D eigenvalue weighted by atomic mass is 9.95. The molecule has 100 valence electrons. The topological polar surface area (TPSA) is 61.4 Å². The quantitative estimate of drug-likeness (QED) is 0.726. The Bertz CT molecular complexity index is 352. The number of nitrogens with one attached hydrogen (secondary N) is 2. The van der Waals surface area contributed by atoms with Crippen molar-refractivity contribution in [2.75, 3.05) is 33.2 Å². The third kappa shape index (κ3) is 3.19. The van der Waals surface area contributed by atoms with Crippen LogP contribution in [0.3, 0.4) is 0 Å². The zero-order valence-electron chi connectivity index (χ0n) is 10.6. The lowest BCUT2D eigenvalue weighted by molar-refractivity contribution is 0.188. The molecule has 2 N–H and O–H groups in total. The molecule has 6 heteroatoms. The number of sulfonamides is 1. The SMILES string of the molecule is CC1CN(C)CCC1NS(=O)(=O)C1CCNC1. The second kappa shape index (κ2) is 5.22. The van der Waals surface area contributed by atoms with Gasteiger partial charge in [0.2, 0.25) is 10.0 Å². The van der Waals surface area contributed by atoms with E-state index < -0.39 is 10.0 Å². The van der Waals surface area contributed by atoms with Crippen LogP contribution in [0.15, 0.2) is 0 Å². The number of piperidine rings is 1. The maximum absolute atomic E-state index is 12.2. The second-order valence-corrected chi connectivity index (χ2v) is 7.40. The molecule has 0 aromatic carbocycles. The molecular formula is C11H23N3O2S. The van der Waals surface area contributed by atoms with E-state index in [0.29, 0.717) is 12.5 Å². The Labute approximate surface area is 104 Å². The largest absolute Gasteiger partial charge is 0.315 e. The second-order valence-electron chi connectivity index (χ2n) is 5.41. The Morgan fingerprint density at radius 3 is 2.71 bits per heavy atom. The molecule has 0 radical (unpaired) electrons. The molecule has 0 amide bonds. The van der Waals surface area contributed by atoms with Crippen molar-refractivity contribution in [2.24, 2.45) is 5.92 Å². The summed E-state index contributed by atoms with van der Waals surface area (Å²) in [7, 11) is -1.06. The minimum Gasteiger partial charge on any atom is -0.315 e. The molecular weight excluding hydrogens is 238 g/mol. The fraction of sp³-hybridized carbons (Fsp3) is 1.00. The lowest BCUT2D eigenvalue weighted by Crippen LogP contribution is -2.51. The maximum Gasteiger partial charge on any atom is 0.216 e. The van der Waals surface area contributed by atoms with Crippen LogP contribution >= 0.6 is 0 Å². The Morgan fingerprint density at radius 2 is 2.12 bits per heavy atom. The number of hydrogen-bond acceptors (Lipinski definition) is 4. The van der Waals surface area contributed by atoms with Crippen LogP contribution in [-0.2, 0) is 10.0 Å². The van der Waals surface area contributed by atoms with Crippen molar-refractivity contribution in [3.63, 3.8) is 0 Å². The molecule has 3 atom stereocenters. The zero-order chi connectivity index (χ0) is 12.5. The van der Waals surface area contributed by atoms with E-state index in [9.17, 15) is 8.42 Å². The summed E-state index contributed by atoms with van der Waals surface area (Å²) in [6, 6.07) is 0.108. The average molecular weight is 261 g/mol. The number of nitrogens with zero attached hydrogens (tertiary/aromatic N) is 1. The van der Waals surface area contributed by atoms with Gasteiger partial charge < -0.3 is 10.2 Å². The molecule has 0 aliphatic carbocycles. The first kappa shape index (κ1) is 13.3. The summed E-state index contributed by atoms with van der Waals surface area (Å²) in [5, 5.41) is 2.87. The van der Waals surface area contributed by atoms with Gasteiger partial charge in [-0.15, -0.1) is 0 Å². The fourth-order valence-corrected chi connectivity index (χ4v) is 4.46. The van der Waals surface area contributed by atoms with Gasteiger partial charge in [-0.2, -0.15) is 0 Å². The first-order valence-electron chi connectivity index (χ1n) is 6.39. The highest BCUT2D eigenvalue weighted by molar-refractivity contribution is 7.90. The van der Waals surface area contributed by atoms with Gasteiger partial charge in [-0.3, -0.25) is 0 Å². The molecule has 17 heavy (non-hydrogen) atoms. The van der Waals surface area contributed by atoms with Crippen molar-refractivity contribution in [3.8, 4) is 0 Å².